The summed E-state index contributed by atoms with van der Waals surface area (Å²) in [4.78, 5) is 11.3. The smallest absolute Gasteiger partial charge is 0.330 e. The molecule has 0 bridgehead atoms. The van der Waals surface area contributed by atoms with Crippen molar-refractivity contribution < 1.29 is 9.53 Å². The lowest BCUT2D eigenvalue weighted by Gasteiger charge is -2.17. The van der Waals surface area contributed by atoms with Gasteiger partial charge in [0.05, 0.1) is 0 Å². The van der Waals surface area contributed by atoms with E-state index in [1.165, 1.54) is 6.08 Å². The van der Waals surface area contributed by atoms with Gasteiger partial charge in [-0.2, -0.15) is 0 Å². The number of esters is 1. The number of rotatable bonds is 4. The van der Waals surface area contributed by atoms with Gasteiger partial charge in [-0.3, -0.25) is 0 Å². The van der Waals surface area contributed by atoms with Crippen molar-refractivity contribution in [1.29, 1.82) is 0 Å². The summed E-state index contributed by atoms with van der Waals surface area (Å²) in [5, 5.41) is 0. The second-order valence-electron chi connectivity index (χ2n) is 4.67. The highest BCUT2D eigenvalue weighted by molar-refractivity contribution is 5.82. The van der Waals surface area contributed by atoms with Crippen LogP contribution in [0.3, 0.4) is 0 Å². The van der Waals surface area contributed by atoms with Crippen LogP contribution in [0, 0.1) is 5.92 Å². The molecule has 0 rings (SSSR count). The normalized spacial score (nSPS) is 14.7. The van der Waals surface area contributed by atoms with Crippen LogP contribution in [0.2, 0.25) is 0 Å². The molecule has 2 nitrogen and oxygen atoms in total. The molecule has 0 spiro atoms. The van der Waals surface area contributed by atoms with Crippen molar-refractivity contribution in [2.45, 2.75) is 46.6 Å². The molecule has 0 radical (unpaired) electrons. The average molecular weight is 210 g/mol. The predicted molar refractivity (Wildman–Crippen MR) is 63.6 cm³/mol. The van der Waals surface area contributed by atoms with Crippen LogP contribution < -0.4 is 0 Å². The lowest BCUT2D eigenvalue weighted by molar-refractivity contribution is -0.148. The molecular weight excluding hydrogens is 188 g/mol. The number of hydrogen-bond donors (Lipinski definition) is 0. The molecule has 0 aromatic heterocycles. The molecule has 0 aliphatic heterocycles. The number of carbonyl (C=O) groups is 1. The molecule has 0 N–H and O–H groups in total. The topological polar surface area (TPSA) is 26.3 Å². The molecule has 0 aromatic rings. The van der Waals surface area contributed by atoms with Crippen molar-refractivity contribution in [3.63, 3.8) is 0 Å². The van der Waals surface area contributed by atoms with Crippen LogP contribution in [0.25, 0.3) is 0 Å². The lowest BCUT2D eigenvalue weighted by Crippen LogP contribution is -2.22. The highest BCUT2D eigenvalue weighted by atomic mass is 16.6. The molecule has 1 atom stereocenters. The Hall–Kier alpha value is -1.05. The Bertz CT molecular complexity index is 244. The fraction of sp³-hybridized carbons (Fsp3) is 0.615. The Balaban J connectivity index is 3.92. The zero-order valence-corrected chi connectivity index (χ0v) is 10.4. The highest BCUT2D eigenvalue weighted by Crippen LogP contribution is 2.08. The third-order valence-corrected chi connectivity index (χ3v) is 1.69. The van der Waals surface area contributed by atoms with E-state index in [1.807, 2.05) is 39.8 Å². The van der Waals surface area contributed by atoms with Crippen LogP contribution >= 0.6 is 0 Å². The van der Waals surface area contributed by atoms with E-state index >= 15 is 0 Å². The van der Waals surface area contributed by atoms with Gasteiger partial charge in [-0.15, -0.1) is 0 Å². The largest absolute Gasteiger partial charge is 0.457 e. The van der Waals surface area contributed by atoms with Crippen molar-refractivity contribution in [2.75, 3.05) is 0 Å². The fourth-order valence-corrected chi connectivity index (χ4v) is 1.12. The molecule has 0 fully saturated rings. The van der Waals surface area contributed by atoms with E-state index in [1.54, 1.807) is 0 Å². The Morgan fingerprint density at radius 2 is 2.00 bits per heavy atom. The first kappa shape index (κ1) is 13.9. The molecule has 0 saturated carbocycles. The molecule has 0 aromatic carbocycles. The molecule has 2 heteroatoms. The first-order valence-electron chi connectivity index (χ1n) is 5.37. The van der Waals surface area contributed by atoms with Gasteiger partial charge in [-0.25, -0.2) is 4.79 Å². The fourth-order valence-electron chi connectivity index (χ4n) is 1.12. The predicted octanol–water partition coefficient (Wildman–Crippen LogP) is 3.49. The maximum absolute atomic E-state index is 11.3. The van der Waals surface area contributed by atoms with Crippen molar-refractivity contribution in [2.24, 2.45) is 5.92 Å². The Labute approximate surface area is 93.0 Å². The van der Waals surface area contributed by atoms with Crippen LogP contribution in [-0.4, -0.2) is 11.6 Å². The van der Waals surface area contributed by atoms with Crippen molar-refractivity contribution in [3.8, 4) is 0 Å². The molecule has 0 aliphatic carbocycles. The van der Waals surface area contributed by atoms with Gasteiger partial charge in [0.25, 0.3) is 0 Å². The van der Waals surface area contributed by atoms with E-state index in [2.05, 4.69) is 13.0 Å². The van der Waals surface area contributed by atoms with Gasteiger partial charge in [0, 0.05) is 6.08 Å². The molecule has 0 amide bonds. The molecule has 86 valence electrons. The second kappa shape index (κ2) is 6.44. The number of hydrogen-bond acceptors (Lipinski definition) is 2. The van der Waals surface area contributed by atoms with Crippen LogP contribution in [-0.2, 0) is 9.53 Å². The van der Waals surface area contributed by atoms with E-state index in [0.29, 0.717) is 5.92 Å². The Kier molecular flexibility index (Phi) is 5.99. The van der Waals surface area contributed by atoms with Crippen LogP contribution in [0.5, 0.6) is 0 Å². The van der Waals surface area contributed by atoms with Crippen molar-refractivity contribution >= 4 is 5.97 Å². The number of ether oxygens (including phenoxy) is 1. The first-order valence-corrected chi connectivity index (χ1v) is 5.37. The average Bonchev–Trinajstić information content (AvgIpc) is 2.00. The maximum atomic E-state index is 11.3. The second-order valence-corrected chi connectivity index (χ2v) is 4.67. The van der Waals surface area contributed by atoms with Crippen molar-refractivity contribution in [1.82, 2.24) is 0 Å². The third-order valence-electron chi connectivity index (χ3n) is 1.69. The van der Waals surface area contributed by atoms with Gasteiger partial charge in [0.15, 0.2) is 0 Å². The number of allylic oxidation sites excluding steroid dienone is 3. The van der Waals surface area contributed by atoms with E-state index in [-0.39, 0.29) is 5.97 Å². The SMILES string of the molecule is C/C=C/[C@@H](C)C/C=C/C(=O)OC(C)(C)C. The quantitative estimate of drug-likeness (QED) is 0.403. The summed E-state index contributed by atoms with van der Waals surface area (Å²) < 4.78 is 5.14. The molecule has 0 unspecified atom stereocenters. The lowest BCUT2D eigenvalue weighted by atomic mass is 10.1. The van der Waals surface area contributed by atoms with E-state index in [0.717, 1.165) is 6.42 Å². The summed E-state index contributed by atoms with van der Waals surface area (Å²) in [6.07, 6.45) is 8.36. The molecule has 0 heterocycles. The molecule has 15 heavy (non-hydrogen) atoms. The molecule has 0 aliphatic rings. The minimum Gasteiger partial charge on any atom is -0.457 e. The van der Waals surface area contributed by atoms with Crippen molar-refractivity contribution in [3.05, 3.63) is 24.3 Å². The maximum Gasteiger partial charge on any atom is 0.330 e. The van der Waals surface area contributed by atoms with Crippen LogP contribution in [0.15, 0.2) is 24.3 Å². The summed E-state index contributed by atoms with van der Waals surface area (Å²) in [5.41, 5.74) is -0.406. The summed E-state index contributed by atoms with van der Waals surface area (Å²) >= 11 is 0. The van der Waals surface area contributed by atoms with Gasteiger partial charge < -0.3 is 4.74 Å². The Morgan fingerprint density at radius 1 is 1.40 bits per heavy atom. The minimum absolute atomic E-state index is 0.268. The Morgan fingerprint density at radius 3 is 2.47 bits per heavy atom. The van der Waals surface area contributed by atoms with Gasteiger partial charge in [-0.05, 0) is 40.0 Å². The highest BCUT2D eigenvalue weighted by Gasteiger charge is 2.13. The van der Waals surface area contributed by atoms with Gasteiger partial charge in [0.2, 0.25) is 0 Å². The summed E-state index contributed by atoms with van der Waals surface area (Å²) in [6, 6.07) is 0. The molecular formula is C13H22O2. The van der Waals surface area contributed by atoms with E-state index < -0.39 is 5.60 Å². The summed E-state index contributed by atoms with van der Waals surface area (Å²) in [6.45, 7) is 9.69. The zero-order chi connectivity index (χ0) is 11.9. The van der Waals surface area contributed by atoms with E-state index in [9.17, 15) is 4.79 Å². The summed E-state index contributed by atoms with van der Waals surface area (Å²) in [7, 11) is 0. The molecule has 0 saturated heterocycles. The van der Waals surface area contributed by atoms with Crippen LogP contribution in [0.4, 0.5) is 0 Å². The standard InChI is InChI=1S/C13H22O2/c1-6-8-11(2)9-7-10-12(14)15-13(3,4)5/h6-8,10-11H,9H2,1-5H3/b8-6+,10-7+/t11-/m1/s1. The monoisotopic (exact) mass is 210 g/mol. The zero-order valence-electron chi connectivity index (χ0n) is 10.4. The van der Waals surface area contributed by atoms with Gasteiger partial charge >= 0.3 is 5.97 Å². The van der Waals surface area contributed by atoms with Gasteiger partial charge in [-0.1, -0.05) is 25.2 Å². The number of carbonyl (C=O) groups excluding carboxylic acids is 1. The van der Waals surface area contributed by atoms with Gasteiger partial charge in [0.1, 0.15) is 5.60 Å². The van der Waals surface area contributed by atoms with Crippen LogP contribution in [0.1, 0.15) is 41.0 Å². The summed E-state index contributed by atoms with van der Waals surface area (Å²) in [5.74, 6) is 0.198. The minimum atomic E-state index is -0.406. The third kappa shape index (κ3) is 9.26. The first-order chi connectivity index (χ1) is 6.85. The van der Waals surface area contributed by atoms with E-state index in [4.69, 9.17) is 4.74 Å².